The summed E-state index contributed by atoms with van der Waals surface area (Å²) in [5.41, 5.74) is 2.32. The van der Waals surface area contributed by atoms with Crippen molar-refractivity contribution < 1.29 is 4.79 Å². The van der Waals surface area contributed by atoms with Crippen molar-refractivity contribution in [2.45, 2.75) is 13.5 Å². The van der Waals surface area contributed by atoms with Gasteiger partial charge < -0.3 is 10.6 Å². The van der Waals surface area contributed by atoms with Crippen molar-refractivity contribution in [1.82, 2.24) is 10.6 Å². The van der Waals surface area contributed by atoms with E-state index in [0.717, 1.165) is 11.1 Å². The molecule has 0 bridgehead atoms. The Kier molecular flexibility index (Phi) is 6.48. The van der Waals surface area contributed by atoms with Gasteiger partial charge in [0.15, 0.2) is 0 Å². The maximum absolute atomic E-state index is 11.5. The summed E-state index contributed by atoms with van der Waals surface area (Å²) < 4.78 is 0. The molecular weight excluding hydrogens is 262 g/mol. The van der Waals surface area contributed by atoms with E-state index in [1.54, 1.807) is 0 Å². The smallest absolute Gasteiger partial charge is 0.263 e. The van der Waals surface area contributed by atoms with Gasteiger partial charge >= 0.3 is 0 Å². The van der Waals surface area contributed by atoms with E-state index in [-0.39, 0.29) is 5.57 Å². The third-order valence-corrected chi connectivity index (χ3v) is 2.73. The number of amides is 1. The molecule has 0 radical (unpaired) electrons. The molecule has 0 saturated carbocycles. The van der Waals surface area contributed by atoms with Gasteiger partial charge in [-0.25, -0.2) is 0 Å². The Labute approximate surface area is 118 Å². The highest BCUT2D eigenvalue weighted by molar-refractivity contribution is 6.18. The van der Waals surface area contributed by atoms with Crippen molar-refractivity contribution in [2.24, 2.45) is 0 Å². The van der Waals surface area contributed by atoms with Gasteiger partial charge in [-0.3, -0.25) is 4.79 Å². The number of aryl methyl sites for hydroxylation is 1. The van der Waals surface area contributed by atoms with Crippen LogP contribution >= 0.6 is 11.6 Å². The van der Waals surface area contributed by atoms with Crippen molar-refractivity contribution in [3.63, 3.8) is 0 Å². The Hall–Kier alpha value is -1.99. The third kappa shape index (κ3) is 5.02. The van der Waals surface area contributed by atoms with Crippen LogP contribution in [-0.2, 0) is 11.3 Å². The van der Waals surface area contributed by atoms with Crippen molar-refractivity contribution in [2.75, 3.05) is 12.4 Å². The summed E-state index contributed by atoms with van der Waals surface area (Å²) in [7, 11) is 0. The highest BCUT2D eigenvalue weighted by atomic mass is 35.5. The number of nitriles is 1. The number of rotatable bonds is 6. The van der Waals surface area contributed by atoms with Crippen LogP contribution in [0, 0.1) is 18.3 Å². The first kappa shape index (κ1) is 15.1. The molecule has 0 atom stereocenters. The minimum atomic E-state index is -0.416. The molecule has 2 N–H and O–H groups in total. The predicted octanol–water partition coefficient (Wildman–Crippen LogP) is 1.85. The fraction of sp³-hybridized carbons (Fsp3) is 0.286. The average Bonchev–Trinajstić information content (AvgIpc) is 2.43. The standard InChI is InChI=1S/C14H16ClN3O/c1-11-4-2-3-5-12(11)9-17-10-13(8-16)14(19)18-7-6-15/h2-5,10,17H,6-7,9H2,1H3,(H,18,19)/b13-10-. The lowest BCUT2D eigenvalue weighted by molar-refractivity contribution is -0.117. The fourth-order valence-electron chi connectivity index (χ4n) is 1.48. The van der Waals surface area contributed by atoms with E-state index in [0.29, 0.717) is 19.0 Å². The number of carbonyl (C=O) groups is 1. The highest BCUT2D eigenvalue weighted by Gasteiger charge is 2.07. The maximum atomic E-state index is 11.5. The Balaban J connectivity index is 2.57. The first-order valence-electron chi connectivity index (χ1n) is 5.91. The largest absolute Gasteiger partial charge is 0.386 e. The molecule has 0 aromatic heterocycles. The average molecular weight is 278 g/mol. The molecule has 1 amide bonds. The molecule has 0 unspecified atom stereocenters. The van der Waals surface area contributed by atoms with E-state index < -0.39 is 5.91 Å². The lowest BCUT2D eigenvalue weighted by Crippen LogP contribution is -2.27. The fourth-order valence-corrected chi connectivity index (χ4v) is 1.57. The summed E-state index contributed by atoms with van der Waals surface area (Å²) in [6.45, 7) is 2.93. The van der Waals surface area contributed by atoms with Gasteiger partial charge in [0.05, 0.1) is 0 Å². The number of hydrogen-bond acceptors (Lipinski definition) is 3. The van der Waals surface area contributed by atoms with E-state index in [9.17, 15) is 4.79 Å². The summed E-state index contributed by atoms with van der Waals surface area (Å²) in [6.07, 6.45) is 1.43. The van der Waals surface area contributed by atoms with Gasteiger partial charge in [0.25, 0.3) is 5.91 Å². The molecule has 1 aromatic rings. The van der Waals surface area contributed by atoms with Crippen LogP contribution in [0.3, 0.4) is 0 Å². The van der Waals surface area contributed by atoms with Gasteiger partial charge in [-0.15, -0.1) is 11.6 Å². The SMILES string of the molecule is Cc1ccccc1CN/C=C(/C#N)C(=O)NCCCl. The van der Waals surface area contributed by atoms with Crippen LogP contribution in [0.1, 0.15) is 11.1 Å². The van der Waals surface area contributed by atoms with Gasteiger partial charge in [0, 0.05) is 25.2 Å². The number of nitrogens with zero attached hydrogens (tertiary/aromatic N) is 1. The molecule has 4 nitrogen and oxygen atoms in total. The number of alkyl halides is 1. The molecule has 1 rings (SSSR count). The molecule has 0 saturated heterocycles. The van der Waals surface area contributed by atoms with Gasteiger partial charge in [0.1, 0.15) is 11.6 Å². The topological polar surface area (TPSA) is 64.9 Å². The molecule has 0 spiro atoms. The highest BCUT2D eigenvalue weighted by Crippen LogP contribution is 2.06. The van der Waals surface area contributed by atoms with Crippen molar-refractivity contribution in [1.29, 1.82) is 5.26 Å². The lowest BCUT2D eigenvalue weighted by Gasteiger charge is -2.06. The van der Waals surface area contributed by atoms with E-state index in [2.05, 4.69) is 10.6 Å². The first-order valence-corrected chi connectivity index (χ1v) is 6.44. The maximum Gasteiger partial charge on any atom is 0.263 e. The van der Waals surface area contributed by atoms with Crippen LogP contribution in [0.15, 0.2) is 36.0 Å². The van der Waals surface area contributed by atoms with Crippen molar-refractivity contribution in [3.05, 3.63) is 47.2 Å². The molecule has 0 aliphatic rings. The van der Waals surface area contributed by atoms with E-state index in [1.807, 2.05) is 37.3 Å². The minimum absolute atomic E-state index is 0.0405. The molecule has 19 heavy (non-hydrogen) atoms. The zero-order valence-electron chi connectivity index (χ0n) is 10.7. The van der Waals surface area contributed by atoms with Gasteiger partial charge in [-0.05, 0) is 18.1 Å². The Morgan fingerprint density at radius 3 is 2.84 bits per heavy atom. The van der Waals surface area contributed by atoms with Gasteiger partial charge in [-0.1, -0.05) is 24.3 Å². The Morgan fingerprint density at radius 2 is 2.21 bits per heavy atom. The van der Waals surface area contributed by atoms with Crippen LogP contribution < -0.4 is 10.6 Å². The number of carbonyl (C=O) groups excluding carboxylic acids is 1. The molecule has 0 fully saturated rings. The number of halogens is 1. The number of nitrogens with one attached hydrogen (secondary N) is 2. The summed E-state index contributed by atoms with van der Waals surface area (Å²) in [5, 5.41) is 14.4. The second-order valence-corrected chi connectivity index (χ2v) is 4.30. The minimum Gasteiger partial charge on any atom is -0.386 e. The monoisotopic (exact) mass is 277 g/mol. The molecule has 5 heteroatoms. The summed E-state index contributed by atoms with van der Waals surface area (Å²) >= 11 is 5.46. The second kappa shape index (κ2) is 8.17. The van der Waals surface area contributed by atoms with E-state index in [4.69, 9.17) is 16.9 Å². The molecule has 0 aliphatic carbocycles. The predicted molar refractivity (Wildman–Crippen MR) is 75.4 cm³/mol. The molecule has 0 heterocycles. The molecular formula is C14H16ClN3O. The first-order chi connectivity index (χ1) is 9.19. The lowest BCUT2D eigenvalue weighted by atomic mass is 10.1. The normalized spacial score (nSPS) is 10.7. The van der Waals surface area contributed by atoms with Crippen LogP contribution in [0.2, 0.25) is 0 Å². The second-order valence-electron chi connectivity index (χ2n) is 3.92. The Morgan fingerprint density at radius 1 is 1.47 bits per heavy atom. The summed E-state index contributed by atoms with van der Waals surface area (Å²) in [4.78, 5) is 11.5. The molecule has 0 aliphatic heterocycles. The van der Waals surface area contributed by atoms with E-state index in [1.165, 1.54) is 6.20 Å². The van der Waals surface area contributed by atoms with Crippen LogP contribution in [0.4, 0.5) is 0 Å². The van der Waals surface area contributed by atoms with E-state index >= 15 is 0 Å². The summed E-state index contributed by atoms with van der Waals surface area (Å²) in [6, 6.07) is 9.78. The molecule has 1 aromatic carbocycles. The van der Waals surface area contributed by atoms with Crippen LogP contribution in [0.25, 0.3) is 0 Å². The zero-order chi connectivity index (χ0) is 14.1. The van der Waals surface area contributed by atoms with Crippen molar-refractivity contribution in [3.8, 4) is 6.07 Å². The summed E-state index contributed by atoms with van der Waals surface area (Å²) in [5.74, 6) is -0.0957. The van der Waals surface area contributed by atoms with Gasteiger partial charge in [-0.2, -0.15) is 5.26 Å². The number of hydrogen-bond donors (Lipinski definition) is 2. The van der Waals surface area contributed by atoms with Gasteiger partial charge in [0.2, 0.25) is 0 Å². The molecule has 100 valence electrons. The third-order valence-electron chi connectivity index (χ3n) is 2.55. The van der Waals surface area contributed by atoms with Crippen LogP contribution in [0.5, 0.6) is 0 Å². The van der Waals surface area contributed by atoms with Crippen molar-refractivity contribution >= 4 is 17.5 Å². The zero-order valence-corrected chi connectivity index (χ0v) is 11.5. The number of benzene rings is 1. The Bertz CT molecular complexity index is 506. The quantitative estimate of drug-likeness (QED) is 0.474. The van der Waals surface area contributed by atoms with Crippen LogP contribution in [-0.4, -0.2) is 18.3 Å².